The number of aromatic nitrogens is 3. The van der Waals surface area contributed by atoms with Crippen LogP contribution in [-0.2, 0) is 0 Å². The van der Waals surface area contributed by atoms with Crippen molar-refractivity contribution < 1.29 is 18.7 Å². The molecule has 0 radical (unpaired) electrons. The number of amides is 1. The Morgan fingerprint density at radius 3 is 2.69 bits per heavy atom. The third kappa shape index (κ3) is 3.40. The summed E-state index contributed by atoms with van der Waals surface area (Å²) in [5.74, 6) is -1.79. The second-order valence-corrected chi connectivity index (χ2v) is 5.53. The first-order chi connectivity index (χ1) is 12.5. The molecule has 0 spiro atoms. The summed E-state index contributed by atoms with van der Waals surface area (Å²) in [7, 11) is 1.36. The van der Waals surface area contributed by atoms with Crippen LogP contribution in [0.15, 0.2) is 43.1 Å². The van der Waals surface area contributed by atoms with Gasteiger partial charge in [0.25, 0.3) is 5.91 Å². The minimum absolute atomic E-state index is 0.0773. The van der Waals surface area contributed by atoms with Gasteiger partial charge in [0.15, 0.2) is 5.78 Å². The van der Waals surface area contributed by atoms with Crippen molar-refractivity contribution in [2.45, 2.75) is 0 Å². The number of H-pyrrole nitrogens is 1. The summed E-state index contributed by atoms with van der Waals surface area (Å²) < 4.78 is 19.1. The first kappa shape index (κ1) is 17.6. The van der Waals surface area contributed by atoms with Crippen molar-refractivity contribution in [3.05, 3.63) is 70.8 Å². The topological polar surface area (TPSA) is 97.0 Å². The average molecular weight is 375 g/mol. The summed E-state index contributed by atoms with van der Waals surface area (Å²) in [5.41, 5.74) is 0.250. The van der Waals surface area contributed by atoms with Crippen molar-refractivity contribution in [3.63, 3.8) is 0 Å². The van der Waals surface area contributed by atoms with Crippen LogP contribution in [-0.4, -0.2) is 33.8 Å². The van der Waals surface area contributed by atoms with Crippen molar-refractivity contribution >= 4 is 29.0 Å². The predicted octanol–water partition coefficient (Wildman–Crippen LogP) is 3.09. The average Bonchev–Trinajstić information content (AvgIpc) is 3.13. The number of ether oxygens (including phenoxy) is 1. The fourth-order valence-electron chi connectivity index (χ4n) is 2.26. The quantitative estimate of drug-likeness (QED) is 0.669. The molecule has 0 saturated carbocycles. The molecule has 0 saturated heterocycles. The normalized spacial score (nSPS) is 10.4. The number of methoxy groups -OCH3 is 1. The third-order valence-corrected chi connectivity index (χ3v) is 3.89. The van der Waals surface area contributed by atoms with E-state index >= 15 is 0 Å². The van der Waals surface area contributed by atoms with Gasteiger partial charge < -0.3 is 15.0 Å². The van der Waals surface area contributed by atoms with E-state index in [1.807, 2.05) is 0 Å². The molecule has 1 aromatic carbocycles. The highest BCUT2D eigenvalue weighted by Crippen LogP contribution is 2.31. The van der Waals surface area contributed by atoms with Crippen LogP contribution in [0, 0.1) is 5.82 Å². The van der Waals surface area contributed by atoms with Gasteiger partial charge in [-0.05, 0) is 18.2 Å². The molecule has 0 bridgehead atoms. The maximum Gasteiger partial charge on any atom is 0.272 e. The second-order valence-electron chi connectivity index (χ2n) is 5.15. The lowest BCUT2D eigenvalue weighted by Crippen LogP contribution is -2.12. The molecule has 0 atom stereocenters. The monoisotopic (exact) mass is 374 g/mol. The maximum absolute atomic E-state index is 14.1. The Morgan fingerprint density at radius 2 is 2.00 bits per heavy atom. The van der Waals surface area contributed by atoms with Crippen molar-refractivity contribution in [1.82, 2.24) is 15.0 Å². The summed E-state index contributed by atoms with van der Waals surface area (Å²) >= 11 is 6.05. The van der Waals surface area contributed by atoms with Gasteiger partial charge in [-0.3, -0.25) is 9.59 Å². The largest absolute Gasteiger partial charge is 0.495 e. The molecular weight excluding hydrogens is 363 g/mol. The molecule has 3 rings (SSSR count). The van der Waals surface area contributed by atoms with Gasteiger partial charge in [0.05, 0.1) is 35.8 Å². The number of nitrogens with one attached hydrogen (secondary N) is 2. The van der Waals surface area contributed by atoms with Gasteiger partial charge in [-0.25, -0.2) is 14.4 Å². The lowest BCUT2D eigenvalue weighted by atomic mass is 10.0. The Hall–Kier alpha value is -3.26. The number of anilines is 1. The molecule has 9 heteroatoms. The zero-order valence-corrected chi connectivity index (χ0v) is 14.2. The van der Waals surface area contributed by atoms with E-state index in [1.54, 1.807) is 0 Å². The smallest absolute Gasteiger partial charge is 0.272 e. The minimum atomic E-state index is -0.783. The molecule has 3 aromatic rings. The summed E-state index contributed by atoms with van der Waals surface area (Å²) in [5, 5.41) is 2.43. The van der Waals surface area contributed by atoms with Gasteiger partial charge in [0, 0.05) is 11.8 Å². The standard InChI is InChI=1S/C17H12ClFN4O3/c1-26-13-3-2-11(19)14(15(13)18)16(24)9-4-12(22-5-9)17(25)23-10-6-20-8-21-7-10/h2-8,22H,1H3,(H,23,25). The SMILES string of the molecule is COc1ccc(F)c(C(=O)c2c[nH]c(C(=O)Nc3cncnc3)c2)c1Cl. The number of aromatic amines is 1. The highest BCUT2D eigenvalue weighted by atomic mass is 35.5. The van der Waals surface area contributed by atoms with Gasteiger partial charge in [-0.1, -0.05) is 11.6 Å². The highest BCUT2D eigenvalue weighted by Gasteiger charge is 2.23. The van der Waals surface area contributed by atoms with Crippen LogP contribution < -0.4 is 10.1 Å². The van der Waals surface area contributed by atoms with Crippen molar-refractivity contribution in [2.75, 3.05) is 12.4 Å². The van der Waals surface area contributed by atoms with Crippen LogP contribution in [0.5, 0.6) is 5.75 Å². The molecule has 2 N–H and O–H groups in total. The highest BCUT2D eigenvalue weighted by molar-refractivity contribution is 6.36. The van der Waals surface area contributed by atoms with Crippen LogP contribution in [0.4, 0.5) is 10.1 Å². The van der Waals surface area contributed by atoms with Gasteiger partial charge in [-0.15, -0.1) is 0 Å². The Bertz CT molecular complexity index is 975. The number of benzene rings is 1. The second kappa shape index (κ2) is 7.32. The molecule has 2 aromatic heterocycles. The number of hydrogen-bond acceptors (Lipinski definition) is 5. The first-order valence-electron chi connectivity index (χ1n) is 7.32. The molecule has 0 aliphatic heterocycles. The van der Waals surface area contributed by atoms with E-state index in [4.69, 9.17) is 16.3 Å². The lowest BCUT2D eigenvalue weighted by molar-refractivity contribution is 0.102. The Kier molecular flexibility index (Phi) is 4.94. The number of nitrogens with zero attached hydrogens (tertiary/aromatic N) is 2. The molecular formula is C17H12ClFN4O3. The van der Waals surface area contributed by atoms with Crippen LogP contribution in [0.1, 0.15) is 26.4 Å². The molecule has 132 valence electrons. The Labute approximate surface area is 152 Å². The van der Waals surface area contributed by atoms with E-state index < -0.39 is 17.5 Å². The van der Waals surface area contributed by atoms with Crippen molar-refractivity contribution in [2.24, 2.45) is 0 Å². The number of halogens is 2. The van der Waals surface area contributed by atoms with E-state index in [1.165, 1.54) is 44.2 Å². The van der Waals surface area contributed by atoms with Crippen LogP contribution in [0.3, 0.4) is 0 Å². The van der Waals surface area contributed by atoms with Crippen molar-refractivity contribution in [1.29, 1.82) is 0 Å². The summed E-state index contributed by atoms with van der Waals surface area (Å²) in [6.45, 7) is 0. The van der Waals surface area contributed by atoms with E-state index in [9.17, 15) is 14.0 Å². The molecule has 7 nitrogen and oxygen atoms in total. The lowest BCUT2D eigenvalue weighted by Gasteiger charge is -2.08. The fourth-order valence-corrected chi connectivity index (χ4v) is 2.58. The van der Waals surface area contributed by atoms with E-state index in [-0.39, 0.29) is 27.6 Å². The summed E-state index contributed by atoms with van der Waals surface area (Å²) in [6, 6.07) is 3.72. The van der Waals surface area contributed by atoms with Gasteiger partial charge in [-0.2, -0.15) is 0 Å². The van der Waals surface area contributed by atoms with Crippen LogP contribution in [0.25, 0.3) is 0 Å². The first-order valence-corrected chi connectivity index (χ1v) is 7.70. The fraction of sp³-hybridized carbons (Fsp3) is 0.0588. The maximum atomic E-state index is 14.1. The van der Waals surface area contributed by atoms with Gasteiger partial charge in [0.2, 0.25) is 0 Å². The van der Waals surface area contributed by atoms with Crippen LogP contribution >= 0.6 is 11.6 Å². The number of hydrogen-bond donors (Lipinski definition) is 2. The number of carbonyl (C=O) groups excluding carboxylic acids is 2. The minimum Gasteiger partial charge on any atom is -0.495 e. The third-order valence-electron chi connectivity index (χ3n) is 3.51. The van der Waals surface area contributed by atoms with Crippen molar-refractivity contribution in [3.8, 4) is 5.75 Å². The van der Waals surface area contributed by atoms with E-state index in [0.29, 0.717) is 5.69 Å². The molecule has 26 heavy (non-hydrogen) atoms. The van der Waals surface area contributed by atoms with E-state index in [0.717, 1.165) is 6.07 Å². The van der Waals surface area contributed by atoms with Crippen LogP contribution in [0.2, 0.25) is 5.02 Å². The molecule has 2 heterocycles. The number of carbonyl (C=O) groups is 2. The Balaban J connectivity index is 1.86. The summed E-state index contributed by atoms with van der Waals surface area (Å²) in [4.78, 5) is 35.0. The number of ketones is 1. The Morgan fingerprint density at radius 1 is 1.27 bits per heavy atom. The molecule has 0 unspecified atom stereocenters. The predicted molar refractivity (Wildman–Crippen MR) is 92.2 cm³/mol. The molecule has 0 aliphatic rings. The van der Waals surface area contributed by atoms with E-state index in [2.05, 4.69) is 20.3 Å². The zero-order chi connectivity index (χ0) is 18.7. The van der Waals surface area contributed by atoms with Gasteiger partial charge >= 0.3 is 0 Å². The number of rotatable bonds is 5. The molecule has 1 amide bonds. The molecule has 0 fully saturated rings. The summed E-state index contributed by atoms with van der Waals surface area (Å²) in [6.07, 6.45) is 5.47. The molecule has 0 aliphatic carbocycles. The zero-order valence-electron chi connectivity index (χ0n) is 13.4. The van der Waals surface area contributed by atoms with Gasteiger partial charge in [0.1, 0.15) is 23.6 Å².